The molecule has 4 rings (SSSR count). The van der Waals surface area contributed by atoms with Gasteiger partial charge in [0.05, 0.1) is 22.2 Å². The molecule has 3 aromatic carbocycles. The maximum Gasteiger partial charge on any atom is 0.263 e. The van der Waals surface area contributed by atoms with Gasteiger partial charge in [0.2, 0.25) is 0 Å². The summed E-state index contributed by atoms with van der Waals surface area (Å²) in [5.74, 6) is 0.475. The van der Waals surface area contributed by atoms with E-state index in [4.69, 9.17) is 4.74 Å². The summed E-state index contributed by atoms with van der Waals surface area (Å²) >= 11 is 1.28. The van der Waals surface area contributed by atoms with Gasteiger partial charge >= 0.3 is 0 Å². The summed E-state index contributed by atoms with van der Waals surface area (Å²) in [7, 11) is -2.25. The fourth-order valence-electron chi connectivity index (χ4n) is 2.91. The van der Waals surface area contributed by atoms with Crippen molar-refractivity contribution in [1.82, 2.24) is 4.98 Å². The average Bonchev–Trinajstić information content (AvgIpc) is 3.15. The third-order valence-electron chi connectivity index (χ3n) is 4.47. The number of methoxy groups -OCH3 is 1. The number of nitrogens with zero attached hydrogens (tertiary/aromatic N) is 1. The van der Waals surface area contributed by atoms with Crippen molar-refractivity contribution in [3.8, 4) is 11.5 Å². The first-order valence-corrected chi connectivity index (χ1v) is 11.3. The van der Waals surface area contributed by atoms with E-state index in [0.29, 0.717) is 23.0 Å². The monoisotopic (exact) mass is 441 g/mol. The van der Waals surface area contributed by atoms with Crippen molar-refractivity contribution in [2.75, 3.05) is 17.1 Å². The SMILES string of the molecule is COc1cccc(CNc2ccc(S(=O)(=O)Nc3nc4ccccc4s3)cc2)c1O. The number of hydrogen-bond donors (Lipinski definition) is 3. The summed E-state index contributed by atoms with van der Waals surface area (Å²) in [5, 5.41) is 13.6. The molecule has 0 fully saturated rings. The van der Waals surface area contributed by atoms with Crippen LogP contribution in [0.3, 0.4) is 0 Å². The lowest BCUT2D eigenvalue weighted by atomic mass is 10.2. The molecule has 0 spiro atoms. The van der Waals surface area contributed by atoms with E-state index in [1.165, 1.54) is 30.6 Å². The molecule has 7 nitrogen and oxygen atoms in total. The van der Waals surface area contributed by atoms with Crippen molar-refractivity contribution < 1.29 is 18.3 Å². The lowest BCUT2D eigenvalue weighted by molar-refractivity contribution is 0.371. The van der Waals surface area contributed by atoms with E-state index in [0.717, 1.165) is 15.9 Å². The molecule has 0 aliphatic heterocycles. The third-order valence-corrected chi connectivity index (χ3v) is 6.90. The van der Waals surface area contributed by atoms with Crippen LogP contribution in [-0.4, -0.2) is 25.6 Å². The number of nitrogens with one attached hydrogen (secondary N) is 2. The summed E-state index contributed by atoms with van der Waals surface area (Å²) < 4.78 is 33.9. The summed E-state index contributed by atoms with van der Waals surface area (Å²) in [6.07, 6.45) is 0. The van der Waals surface area contributed by atoms with Gasteiger partial charge in [-0.15, -0.1) is 0 Å². The largest absolute Gasteiger partial charge is 0.504 e. The fraction of sp³-hybridized carbons (Fsp3) is 0.0952. The van der Waals surface area contributed by atoms with Gasteiger partial charge in [-0.05, 0) is 42.5 Å². The molecule has 0 saturated carbocycles. The van der Waals surface area contributed by atoms with Crippen molar-refractivity contribution in [1.29, 1.82) is 0 Å². The van der Waals surface area contributed by atoms with Crippen molar-refractivity contribution in [2.45, 2.75) is 11.4 Å². The van der Waals surface area contributed by atoms with E-state index in [1.807, 2.05) is 24.3 Å². The predicted molar refractivity (Wildman–Crippen MR) is 119 cm³/mol. The number of phenols is 1. The zero-order valence-electron chi connectivity index (χ0n) is 16.0. The minimum Gasteiger partial charge on any atom is -0.504 e. The maximum absolute atomic E-state index is 12.7. The number of aromatic nitrogens is 1. The number of hydrogen-bond acceptors (Lipinski definition) is 7. The lowest BCUT2D eigenvalue weighted by Crippen LogP contribution is -2.12. The van der Waals surface area contributed by atoms with E-state index < -0.39 is 10.0 Å². The number of anilines is 2. The molecule has 30 heavy (non-hydrogen) atoms. The van der Waals surface area contributed by atoms with Crippen molar-refractivity contribution in [2.24, 2.45) is 0 Å². The van der Waals surface area contributed by atoms with Gasteiger partial charge < -0.3 is 15.2 Å². The van der Waals surface area contributed by atoms with Gasteiger partial charge in [-0.3, -0.25) is 4.72 Å². The van der Waals surface area contributed by atoms with Gasteiger partial charge in [-0.25, -0.2) is 13.4 Å². The Balaban J connectivity index is 1.46. The highest BCUT2D eigenvalue weighted by Gasteiger charge is 2.16. The highest BCUT2D eigenvalue weighted by Crippen LogP contribution is 2.30. The van der Waals surface area contributed by atoms with E-state index in [9.17, 15) is 13.5 Å². The van der Waals surface area contributed by atoms with Gasteiger partial charge in [0.1, 0.15) is 0 Å². The summed E-state index contributed by atoms with van der Waals surface area (Å²) in [5.41, 5.74) is 2.14. The van der Waals surface area contributed by atoms with Gasteiger partial charge in [0, 0.05) is 17.8 Å². The van der Waals surface area contributed by atoms with E-state index in [-0.39, 0.29) is 10.6 Å². The van der Waals surface area contributed by atoms with Gasteiger partial charge in [0.25, 0.3) is 10.0 Å². The van der Waals surface area contributed by atoms with Crippen LogP contribution in [0.5, 0.6) is 11.5 Å². The van der Waals surface area contributed by atoms with Crippen molar-refractivity contribution in [3.63, 3.8) is 0 Å². The number of fused-ring (bicyclic) bond motifs is 1. The quantitative estimate of drug-likeness (QED) is 0.392. The molecule has 0 atom stereocenters. The molecule has 0 unspecified atom stereocenters. The van der Waals surface area contributed by atoms with E-state index in [2.05, 4.69) is 15.0 Å². The van der Waals surface area contributed by atoms with Crippen LogP contribution in [0.1, 0.15) is 5.56 Å². The molecule has 9 heteroatoms. The Hall–Kier alpha value is -3.30. The molecular formula is C21H19N3O4S2. The Kier molecular flexibility index (Phi) is 5.47. The molecule has 0 amide bonds. The Morgan fingerprint density at radius 3 is 2.53 bits per heavy atom. The second-order valence-corrected chi connectivity index (χ2v) is 9.15. The molecule has 0 aliphatic carbocycles. The topological polar surface area (TPSA) is 101 Å². The van der Waals surface area contributed by atoms with Crippen LogP contribution in [0.2, 0.25) is 0 Å². The highest BCUT2D eigenvalue weighted by molar-refractivity contribution is 7.93. The molecule has 0 radical (unpaired) electrons. The summed E-state index contributed by atoms with van der Waals surface area (Å²) in [6, 6.07) is 19.1. The van der Waals surface area contributed by atoms with Crippen molar-refractivity contribution >= 4 is 42.4 Å². The minimum absolute atomic E-state index is 0.0757. The zero-order valence-corrected chi connectivity index (χ0v) is 17.6. The number of para-hydroxylation sites is 2. The molecular weight excluding hydrogens is 422 g/mol. The number of aromatic hydroxyl groups is 1. The smallest absolute Gasteiger partial charge is 0.263 e. The second-order valence-electron chi connectivity index (χ2n) is 6.44. The zero-order chi connectivity index (χ0) is 21.1. The minimum atomic E-state index is -3.75. The molecule has 154 valence electrons. The Labute approximate surface area is 178 Å². The number of phenolic OH excluding ortho intramolecular Hbond substituents is 1. The Bertz CT molecular complexity index is 1250. The Morgan fingerprint density at radius 1 is 1.03 bits per heavy atom. The summed E-state index contributed by atoms with van der Waals surface area (Å²) in [6.45, 7) is 0.360. The molecule has 1 heterocycles. The Morgan fingerprint density at radius 2 is 1.80 bits per heavy atom. The first kappa shape index (κ1) is 20.0. The van der Waals surface area contributed by atoms with Crippen LogP contribution in [-0.2, 0) is 16.6 Å². The standard InChI is InChI=1S/C21H19N3O4S2/c1-28-18-7-4-5-14(20(18)25)13-22-15-9-11-16(12-10-15)30(26,27)24-21-23-17-6-2-3-8-19(17)29-21/h2-12,22,25H,13H2,1H3,(H,23,24). The third kappa shape index (κ3) is 4.17. The number of thiazole rings is 1. The number of ether oxygens (including phenoxy) is 1. The van der Waals surface area contributed by atoms with Crippen LogP contribution in [0.15, 0.2) is 71.6 Å². The van der Waals surface area contributed by atoms with Gasteiger partial charge in [-0.1, -0.05) is 35.6 Å². The average molecular weight is 442 g/mol. The van der Waals surface area contributed by atoms with Gasteiger partial charge in [-0.2, -0.15) is 0 Å². The number of sulfonamides is 1. The first-order chi connectivity index (χ1) is 14.5. The number of rotatable bonds is 7. The van der Waals surface area contributed by atoms with Crippen LogP contribution in [0, 0.1) is 0 Å². The number of benzene rings is 3. The van der Waals surface area contributed by atoms with Crippen LogP contribution in [0.25, 0.3) is 10.2 Å². The van der Waals surface area contributed by atoms with Crippen LogP contribution in [0.4, 0.5) is 10.8 Å². The fourth-order valence-corrected chi connectivity index (χ4v) is 5.01. The molecule has 1 aromatic heterocycles. The molecule has 3 N–H and O–H groups in total. The lowest BCUT2D eigenvalue weighted by Gasteiger charge is -2.11. The first-order valence-electron chi connectivity index (χ1n) is 9.03. The van der Waals surface area contributed by atoms with Crippen LogP contribution < -0.4 is 14.8 Å². The summed E-state index contributed by atoms with van der Waals surface area (Å²) in [4.78, 5) is 4.44. The van der Waals surface area contributed by atoms with Crippen LogP contribution >= 0.6 is 11.3 Å². The normalized spacial score (nSPS) is 11.4. The molecule has 0 aliphatic rings. The second kappa shape index (κ2) is 8.21. The predicted octanol–water partition coefficient (Wildman–Crippen LogP) is 4.42. The van der Waals surface area contributed by atoms with E-state index in [1.54, 1.807) is 30.3 Å². The molecule has 4 aromatic rings. The van der Waals surface area contributed by atoms with E-state index >= 15 is 0 Å². The van der Waals surface area contributed by atoms with Crippen molar-refractivity contribution in [3.05, 3.63) is 72.3 Å². The van der Waals surface area contributed by atoms with Gasteiger partial charge in [0.15, 0.2) is 16.6 Å². The molecule has 0 bridgehead atoms. The highest BCUT2D eigenvalue weighted by atomic mass is 32.2. The molecule has 0 saturated heterocycles. The maximum atomic E-state index is 12.7.